The molecule has 1 aliphatic carbocycles. The van der Waals surface area contributed by atoms with Gasteiger partial charge in [0.2, 0.25) is 0 Å². The van der Waals surface area contributed by atoms with Gasteiger partial charge in [-0.2, -0.15) is 5.10 Å². The number of nitrogens with one attached hydrogen (secondary N) is 1. The van der Waals surface area contributed by atoms with E-state index in [1.165, 1.54) is 24.1 Å². The summed E-state index contributed by atoms with van der Waals surface area (Å²) in [4.78, 5) is 0. The van der Waals surface area contributed by atoms with Gasteiger partial charge < -0.3 is 5.32 Å². The van der Waals surface area contributed by atoms with Crippen LogP contribution in [0.4, 0.5) is 0 Å². The molecular weight excluding hydrogens is 222 g/mol. The fourth-order valence-corrected chi connectivity index (χ4v) is 2.27. The lowest BCUT2D eigenvalue weighted by atomic mass is 10.1. The molecule has 3 heteroatoms. The minimum atomic E-state index is 0.822. The highest BCUT2D eigenvalue weighted by molar-refractivity contribution is 5.16. The zero-order valence-electron chi connectivity index (χ0n) is 11.9. The van der Waals surface area contributed by atoms with Gasteiger partial charge >= 0.3 is 0 Å². The van der Waals surface area contributed by atoms with Crippen molar-refractivity contribution in [2.75, 3.05) is 6.54 Å². The Balaban J connectivity index is 1.80. The highest BCUT2D eigenvalue weighted by Crippen LogP contribution is 2.18. The van der Waals surface area contributed by atoms with Crippen LogP contribution in [0, 0.1) is 6.92 Å². The summed E-state index contributed by atoms with van der Waals surface area (Å²) in [6, 6.07) is 3.02. The predicted octanol–water partition coefficient (Wildman–Crippen LogP) is 2.84. The number of hydrogen-bond acceptors (Lipinski definition) is 2. The maximum Gasteiger partial charge on any atom is 0.0596 e. The molecule has 2 rings (SSSR count). The van der Waals surface area contributed by atoms with Gasteiger partial charge in [-0.25, -0.2) is 0 Å². The van der Waals surface area contributed by atoms with E-state index in [2.05, 4.69) is 48.0 Å². The fraction of sp³-hybridized carbons (Fsp3) is 0.667. The Morgan fingerprint density at radius 3 is 3.00 bits per heavy atom. The van der Waals surface area contributed by atoms with Gasteiger partial charge in [0.1, 0.15) is 0 Å². The summed E-state index contributed by atoms with van der Waals surface area (Å²) in [5, 5.41) is 8.03. The molecule has 0 spiro atoms. The second-order valence-corrected chi connectivity index (χ2v) is 5.34. The van der Waals surface area contributed by atoms with Crippen molar-refractivity contribution in [3.63, 3.8) is 0 Å². The zero-order valence-corrected chi connectivity index (χ0v) is 11.9. The van der Waals surface area contributed by atoms with Gasteiger partial charge in [-0.05, 0) is 52.6 Å². The van der Waals surface area contributed by atoms with E-state index >= 15 is 0 Å². The first-order valence-electron chi connectivity index (χ1n) is 7.11. The lowest BCUT2D eigenvalue weighted by Crippen LogP contribution is -2.16. The van der Waals surface area contributed by atoms with E-state index in [-0.39, 0.29) is 0 Å². The van der Waals surface area contributed by atoms with Crippen LogP contribution in [0.2, 0.25) is 0 Å². The Kier molecular flexibility index (Phi) is 4.59. The molecule has 0 saturated heterocycles. The first kappa shape index (κ1) is 13.3. The monoisotopic (exact) mass is 247 g/mol. The molecular formula is C15H25N3. The van der Waals surface area contributed by atoms with Crippen molar-refractivity contribution in [2.45, 2.75) is 59.0 Å². The number of allylic oxidation sites excluding steroid dienone is 1. The number of aryl methyl sites for hydroxylation is 2. The van der Waals surface area contributed by atoms with Gasteiger partial charge in [0.05, 0.1) is 5.69 Å². The quantitative estimate of drug-likeness (QED) is 0.593. The van der Waals surface area contributed by atoms with Gasteiger partial charge in [-0.15, -0.1) is 0 Å². The summed E-state index contributed by atoms with van der Waals surface area (Å²) in [5.74, 6) is 0. The predicted molar refractivity (Wildman–Crippen MR) is 75.7 cm³/mol. The van der Waals surface area contributed by atoms with E-state index in [1.54, 1.807) is 0 Å². The summed E-state index contributed by atoms with van der Waals surface area (Å²) < 4.78 is 2.11. The topological polar surface area (TPSA) is 29.9 Å². The molecule has 3 nitrogen and oxygen atoms in total. The molecule has 1 N–H and O–H groups in total. The Bertz CT molecular complexity index is 413. The number of rotatable bonds is 7. The average Bonchev–Trinajstić information content (AvgIpc) is 3.09. The van der Waals surface area contributed by atoms with Crippen molar-refractivity contribution >= 4 is 0 Å². The second-order valence-electron chi connectivity index (χ2n) is 5.34. The van der Waals surface area contributed by atoms with Gasteiger partial charge in [-0.1, -0.05) is 11.6 Å². The largest absolute Gasteiger partial charge is 0.314 e. The highest BCUT2D eigenvalue weighted by Gasteiger charge is 2.19. The number of hydrogen-bond donors (Lipinski definition) is 1. The van der Waals surface area contributed by atoms with Gasteiger partial charge in [0.15, 0.2) is 0 Å². The summed E-state index contributed by atoms with van der Waals surface area (Å²) >= 11 is 0. The standard InChI is InChI=1S/C15H25N3/c1-4-18-15(11-13(3)17-18)10-12(2)6-5-9-16-14-7-8-14/h6,11,14,16H,4-5,7-10H2,1-3H3. The van der Waals surface area contributed by atoms with Crippen LogP contribution in [0.5, 0.6) is 0 Å². The van der Waals surface area contributed by atoms with Crippen molar-refractivity contribution in [2.24, 2.45) is 0 Å². The normalized spacial score (nSPS) is 16.3. The van der Waals surface area contributed by atoms with Crippen LogP contribution in [-0.2, 0) is 13.0 Å². The fourth-order valence-electron chi connectivity index (χ4n) is 2.27. The molecule has 0 aromatic carbocycles. The molecule has 18 heavy (non-hydrogen) atoms. The summed E-state index contributed by atoms with van der Waals surface area (Å²) in [7, 11) is 0. The van der Waals surface area contributed by atoms with E-state index in [0.717, 1.165) is 37.7 Å². The molecule has 0 unspecified atom stereocenters. The second kappa shape index (κ2) is 6.19. The minimum absolute atomic E-state index is 0.822. The maximum atomic E-state index is 4.49. The highest BCUT2D eigenvalue weighted by atomic mass is 15.3. The van der Waals surface area contributed by atoms with E-state index in [1.807, 2.05) is 0 Å². The van der Waals surface area contributed by atoms with E-state index < -0.39 is 0 Å². The summed E-state index contributed by atoms with van der Waals surface area (Å²) in [6.45, 7) is 8.51. The van der Waals surface area contributed by atoms with E-state index in [4.69, 9.17) is 0 Å². The van der Waals surface area contributed by atoms with Crippen LogP contribution in [0.1, 0.15) is 44.5 Å². The van der Waals surface area contributed by atoms with Crippen molar-refractivity contribution < 1.29 is 0 Å². The van der Waals surface area contributed by atoms with Gasteiger partial charge in [-0.3, -0.25) is 4.68 Å². The molecule has 1 aromatic rings. The average molecular weight is 247 g/mol. The lowest BCUT2D eigenvalue weighted by Gasteiger charge is -2.05. The molecule has 0 aliphatic heterocycles. The smallest absolute Gasteiger partial charge is 0.0596 e. The molecule has 1 aromatic heterocycles. The Labute approximate surface area is 110 Å². The van der Waals surface area contributed by atoms with Crippen LogP contribution in [0.25, 0.3) is 0 Å². The first-order valence-corrected chi connectivity index (χ1v) is 7.11. The Morgan fingerprint density at radius 2 is 2.33 bits per heavy atom. The van der Waals surface area contributed by atoms with Crippen LogP contribution >= 0.6 is 0 Å². The van der Waals surface area contributed by atoms with Crippen LogP contribution in [0.3, 0.4) is 0 Å². The molecule has 1 fully saturated rings. The molecule has 0 amide bonds. The van der Waals surface area contributed by atoms with Gasteiger partial charge in [0, 0.05) is 24.7 Å². The van der Waals surface area contributed by atoms with E-state index in [9.17, 15) is 0 Å². The maximum absolute atomic E-state index is 4.49. The molecule has 0 bridgehead atoms. The molecule has 0 radical (unpaired) electrons. The van der Waals surface area contributed by atoms with Crippen molar-refractivity contribution in [3.8, 4) is 0 Å². The third-order valence-electron chi connectivity index (χ3n) is 3.39. The van der Waals surface area contributed by atoms with Crippen molar-refractivity contribution in [1.82, 2.24) is 15.1 Å². The minimum Gasteiger partial charge on any atom is -0.314 e. The molecule has 100 valence electrons. The Hall–Kier alpha value is -1.09. The Morgan fingerprint density at radius 1 is 1.56 bits per heavy atom. The number of nitrogens with zero attached hydrogens (tertiary/aromatic N) is 2. The zero-order chi connectivity index (χ0) is 13.0. The molecule has 0 atom stereocenters. The molecule has 1 aliphatic rings. The van der Waals surface area contributed by atoms with Gasteiger partial charge in [0.25, 0.3) is 0 Å². The van der Waals surface area contributed by atoms with Crippen LogP contribution in [0.15, 0.2) is 17.7 Å². The van der Waals surface area contributed by atoms with Crippen LogP contribution < -0.4 is 5.32 Å². The summed E-state index contributed by atoms with van der Waals surface area (Å²) in [5.41, 5.74) is 3.90. The lowest BCUT2D eigenvalue weighted by molar-refractivity contribution is 0.623. The summed E-state index contributed by atoms with van der Waals surface area (Å²) in [6.07, 6.45) is 7.27. The van der Waals surface area contributed by atoms with Crippen molar-refractivity contribution in [1.29, 1.82) is 0 Å². The van der Waals surface area contributed by atoms with E-state index in [0.29, 0.717) is 0 Å². The van der Waals surface area contributed by atoms with Crippen LogP contribution in [-0.4, -0.2) is 22.4 Å². The third-order valence-corrected chi connectivity index (χ3v) is 3.39. The molecule has 1 heterocycles. The van der Waals surface area contributed by atoms with Crippen molar-refractivity contribution in [3.05, 3.63) is 29.1 Å². The third kappa shape index (κ3) is 3.98. The number of aromatic nitrogens is 2. The SMILES string of the molecule is CCn1nc(C)cc1CC(C)=CCCNC1CC1. The first-order chi connectivity index (χ1) is 8.69. The molecule has 1 saturated carbocycles.